The predicted octanol–water partition coefficient (Wildman–Crippen LogP) is 2.62. The summed E-state index contributed by atoms with van der Waals surface area (Å²) >= 11 is 3.38. The molecule has 0 fully saturated rings. The van der Waals surface area contributed by atoms with Gasteiger partial charge in [-0.2, -0.15) is 4.98 Å². The lowest BCUT2D eigenvalue weighted by atomic mass is 10.3. The molecule has 0 aliphatic heterocycles. The molecular formula is C11H10BrN3O2. The Kier molecular flexibility index (Phi) is 3.43. The highest BCUT2D eigenvalue weighted by atomic mass is 79.9. The minimum absolute atomic E-state index is 0.240. The summed E-state index contributed by atoms with van der Waals surface area (Å²) in [7, 11) is 1.49. The molecule has 0 spiro atoms. The maximum Gasteiger partial charge on any atom is 0.268 e. The molecule has 0 atom stereocenters. The van der Waals surface area contributed by atoms with Gasteiger partial charge in [-0.05, 0) is 28.1 Å². The molecule has 17 heavy (non-hydrogen) atoms. The number of hydrogen-bond donors (Lipinski definition) is 1. The van der Waals surface area contributed by atoms with Gasteiger partial charge in [0.15, 0.2) is 5.82 Å². The number of hydrogen-bond acceptors (Lipinski definition) is 5. The van der Waals surface area contributed by atoms with E-state index >= 15 is 0 Å². The monoisotopic (exact) mass is 295 g/mol. The van der Waals surface area contributed by atoms with E-state index in [0.29, 0.717) is 11.5 Å². The third kappa shape index (κ3) is 2.47. The fourth-order valence-corrected chi connectivity index (χ4v) is 1.63. The highest BCUT2D eigenvalue weighted by molar-refractivity contribution is 9.10. The maximum absolute atomic E-state index is 5.66. The molecule has 0 saturated heterocycles. The van der Waals surface area contributed by atoms with Gasteiger partial charge in [-0.15, -0.1) is 0 Å². The van der Waals surface area contributed by atoms with Gasteiger partial charge in [0.1, 0.15) is 12.1 Å². The van der Waals surface area contributed by atoms with Crippen LogP contribution in [0.3, 0.4) is 0 Å². The molecule has 2 aromatic rings. The molecule has 1 aromatic heterocycles. The van der Waals surface area contributed by atoms with Crippen LogP contribution in [-0.4, -0.2) is 17.1 Å². The number of nitrogens with two attached hydrogens (primary N) is 1. The van der Waals surface area contributed by atoms with E-state index in [0.717, 1.165) is 4.47 Å². The fraction of sp³-hybridized carbons (Fsp3) is 0.0909. The minimum Gasteiger partial charge on any atom is -0.489 e. The second kappa shape index (κ2) is 5.01. The van der Waals surface area contributed by atoms with Crippen molar-refractivity contribution in [3.8, 4) is 17.4 Å². The van der Waals surface area contributed by atoms with E-state index in [9.17, 15) is 0 Å². The summed E-state index contributed by atoms with van der Waals surface area (Å²) in [5.41, 5.74) is 5.66. The number of nitrogen functional groups attached to an aromatic ring is 1. The first kappa shape index (κ1) is 11.7. The summed E-state index contributed by atoms with van der Waals surface area (Å²) in [5, 5.41) is 0. The first-order valence-electron chi connectivity index (χ1n) is 4.79. The average Bonchev–Trinajstić information content (AvgIpc) is 2.32. The van der Waals surface area contributed by atoms with Crippen molar-refractivity contribution in [3.05, 3.63) is 35.1 Å². The lowest BCUT2D eigenvalue weighted by Gasteiger charge is -2.10. The second-order valence-corrected chi connectivity index (χ2v) is 3.98. The highest BCUT2D eigenvalue weighted by Crippen LogP contribution is 2.35. The summed E-state index contributed by atoms with van der Waals surface area (Å²) in [6.45, 7) is 0. The number of rotatable bonds is 3. The summed E-state index contributed by atoms with van der Waals surface area (Å²) in [5.74, 6) is 1.48. The average molecular weight is 296 g/mol. The molecule has 5 nitrogen and oxygen atoms in total. The van der Waals surface area contributed by atoms with Gasteiger partial charge in [0.25, 0.3) is 5.88 Å². The molecule has 0 amide bonds. The third-order valence-electron chi connectivity index (χ3n) is 2.05. The van der Waals surface area contributed by atoms with Crippen LogP contribution in [0.4, 0.5) is 5.82 Å². The van der Waals surface area contributed by atoms with E-state index in [2.05, 4.69) is 25.9 Å². The molecular weight excluding hydrogens is 286 g/mol. The molecule has 0 radical (unpaired) electrons. The van der Waals surface area contributed by atoms with Crippen LogP contribution in [0.1, 0.15) is 0 Å². The number of anilines is 1. The number of para-hydroxylation sites is 1. The summed E-state index contributed by atoms with van der Waals surface area (Å²) < 4.78 is 11.5. The van der Waals surface area contributed by atoms with Gasteiger partial charge in [-0.3, -0.25) is 0 Å². The molecule has 0 aliphatic carbocycles. The van der Waals surface area contributed by atoms with Crippen molar-refractivity contribution in [1.82, 2.24) is 9.97 Å². The first-order valence-corrected chi connectivity index (χ1v) is 5.58. The number of methoxy groups -OCH3 is 1. The Morgan fingerprint density at radius 2 is 2.00 bits per heavy atom. The SMILES string of the molecule is COc1c(N)ncnc1Oc1ccccc1Br. The summed E-state index contributed by atoms with van der Waals surface area (Å²) in [6, 6.07) is 7.42. The van der Waals surface area contributed by atoms with Crippen LogP contribution in [0.2, 0.25) is 0 Å². The quantitative estimate of drug-likeness (QED) is 0.942. The molecule has 1 heterocycles. The zero-order chi connectivity index (χ0) is 12.3. The van der Waals surface area contributed by atoms with Crippen molar-refractivity contribution in [1.29, 1.82) is 0 Å². The van der Waals surface area contributed by atoms with Crippen LogP contribution in [-0.2, 0) is 0 Å². The van der Waals surface area contributed by atoms with Crippen molar-refractivity contribution < 1.29 is 9.47 Å². The van der Waals surface area contributed by atoms with Crippen LogP contribution in [0.5, 0.6) is 17.4 Å². The standard InChI is InChI=1S/C11H10BrN3O2/c1-16-9-10(13)14-6-15-11(9)17-8-5-3-2-4-7(8)12/h2-6H,1H3,(H2,13,14,15). The Morgan fingerprint density at radius 1 is 1.24 bits per heavy atom. The topological polar surface area (TPSA) is 70.3 Å². The molecule has 0 saturated carbocycles. The minimum atomic E-state index is 0.240. The molecule has 88 valence electrons. The van der Waals surface area contributed by atoms with Crippen LogP contribution >= 0.6 is 15.9 Å². The van der Waals surface area contributed by atoms with Crippen LogP contribution < -0.4 is 15.2 Å². The van der Waals surface area contributed by atoms with Gasteiger partial charge in [-0.1, -0.05) is 12.1 Å². The fourth-order valence-electron chi connectivity index (χ4n) is 1.27. The molecule has 0 bridgehead atoms. The molecule has 2 rings (SSSR count). The highest BCUT2D eigenvalue weighted by Gasteiger charge is 2.12. The van der Waals surface area contributed by atoms with Gasteiger partial charge in [0, 0.05) is 0 Å². The van der Waals surface area contributed by atoms with Crippen LogP contribution in [0, 0.1) is 0 Å². The van der Waals surface area contributed by atoms with Gasteiger partial charge in [-0.25, -0.2) is 4.98 Å². The van der Waals surface area contributed by atoms with E-state index in [1.165, 1.54) is 13.4 Å². The van der Waals surface area contributed by atoms with Crippen molar-refractivity contribution in [2.24, 2.45) is 0 Å². The lowest BCUT2D eigenvalue weighted by molar-refractivity contribution is 0.368. The Balaban J connectivity index is 2.37. The number of ether oxygens (including phenoxy) is 2. The lowest BCUT2D eigenvalue weighted by Crippen LogP contribution is -2.00. The molecule has 0 unspecified atom stereocenters. The predicted molar refractivity (Wildman–Crippen MR) is 67.2 cm³/mol. The molecule has 1 aromatic carbocycles. The zero-order valence-electron chi connectivity index (χ0n) is 9.05. The van der Waals surface area contributed by atoms with Gasteiger partial charge < -0.3 is 15.2 Å². The van der Waals surface area contributed by atoms with E-state index in [1.54, 1.807) is 0 Å². The molecule has 2 N–H and O–H groups in total. The third-order valence-corrected chi connectivity index (χ3v) is 2.70. The number of aromatic nitrogens is 2. The largest absolute Gasteiger partial charge is 0.489 e. The van der Waals surface area contributed by atoms with E-state index < -0.39 is 0 Å². The van der Waals surface area contributed by atoms with Crippen molar-refractivity contribution in [3.63, 3.8) is 0 Å². The van der Waals surface area contributed by atoms with Crippen LogP contribution in [0.25, 0.3) is 0 Å². The van der Waals surface area contributed by atoms with E-state index in [-0.39, 0.29) is 11.7 Å². The van der Waals surface area contributed by atoms with Crippen molar-refractivity contribution in [2.45, 2.75) is 0 Å². The zero-order valence-corrected chi connectivity index (χ0v) is 10.6. The van der Waals surface area contributed by atoms with Gasteiger partial charge in [0.2, 0.25) is 5.75 Å². The Labute approximate surface area is 107 Å². The Hall–Kier alpha value is -1.82. The van der Waals surface area contributed by atoms with E-state index in [4.69, 9.17) is 15.2 Å². The first-order chi connectivity index (χ1) is 8.22. The number of nitrogens with zero attached hydrogens (tertiary/aromatic N) is 2. The van der Waals surface area contributed by atoms with E-state index in [1.807, 2.05) is 24.3 Å². The summed E-state index contributed by atoms with van der Waals surface area (Å²) in [6.07, 6.45) is 1.32. The van der Waals surface area contributed by atoms with Gasteiger partial charge in [0.05, 0.1) is 11.6 Å². The normalized spacial score (nSPS) is 10.0. The van der Waals surface area contributed by atoms with Crippen molar-refractivity contribution in [2.75, 3.05) is 12.8 Å². The second-order valence-electron chi connectivity index (χ2n) is 3.13. The molecule has 0 aliphatic rings. The number of halogens is 1. The summed E-state index contributed by atoms with van der Waals surface area (Å²) in [4.78, 5) is 7.81. The van der Waals surface area contributed by atoms with Crippen molar-refractivity contribution >= 4 is 21.7 Å². The van der Waals surface area contributed by atoms with Gasteiger partial charge >= 0.3 is 0 Å². The Bertz CT molecular complexity index is 534. The molecule has 6 heteroatoms. The maximum atomic E-state index is 5.66. The smallest absolute Gasteiger partial charge is 0.268 e. The number of benzene rings is 1. The van der Waals surface area contributed by atoms with Crippen LogP contribution in [0.15, 0.2) is 35.1 Å². The Morgan fingerprint density at radius 3 is 2.71 bits per heavy atom.